The van der Waals surface area contributed by atoms with Crippen LogP contribution in [0.25, 0.3) is 0 Å². The maximum Gasteiger partial charge on any atom is 0.212 e. The van der Waals surface area contributed by atoms with Gasteiger partial charge in [0.15, 0.2) is 0 Å². The Bertz CT molecular complexity index is 544. The lowest BCUT2D eigenvalue weighted by molar-refractivity contribution is 0.0570. The predicted molar refractivity (Wildman–Crippen MR) is 70.9 cm³/mol. The summed E-state index contributed by atoms with van der Waals surface area (Å²) in [6, 6.07) is 4.39. The molecule has 0 aliphatic carbocycles. The molecule has 2 N–H and O–H groups in total. The third kappa shape index (κ3) is 3.45. The van der Waals surface area contributed by atoms with Gasteiger partial charge in [-0.2, -0.15) is 0 Å². The quantitative estimate of drug-likeness (QED) is 0.924. The van der Waals surface area contributed by atoms with E-state index in [1.165, 1.54) is 12.1 Å². The second-order valence-electron chi connectivity index (χ2n) is 4.66. The highest BCUT2D eigenvalue weighted by molar-refractivity contribution is 7.89. The number of rotatable bonds is 3. The normalized spacial score (nSPS) is 24.4. The maximum absolute atomic E-state index is 13.7. The number of sulfonamides is 1. The molecule has 0 saturated carbocycles. The minimum Gasteiger partial charge on any atom is -0.381 e. The van der Waals surface area contributed by atoms with Crippen molar-refractivity contribution in [3.63, 3.8) is 0 Å². The van der Waals surface area contributed by atoms with E-state index in [0.29, 0.717) is 23.6 Å². The van der Waals surface area contributed by atoms with Crippen molar-refractivity contribution < 1.29 is 17.5 Å². The van der Waals surface area contributed by atoms with Crippen LogP contribution in [0.5, 0.6) is 0 Å². The molecule has 1 fully saturated rings. The van der Waals surface area contributed by atoms with Crippen LogP contribution in [0.3, 0.4) is 0 Å². The van der Waals surface area contributed by atoms with Crippen molar-refractivity contribution >= 4 is 21.6 Å². The molecule has 0 spiro atoms. The number of primary sulfonamides is 1. The molecular weight excluding hydrogens is 293 g/mol. The SMILES string of the molecule is NS(=O)(=O)C1CCOCC1Cc1c(F)cccc1Cl. The van der Waals surface area contributed by atoms with Crippen LogP contribution in [0.2, 0.25) is 5.02 Å². The fourth-order valence-electron chi connectivity index (χ4n) is 2.39. The van der Waals surface area contributed by atoms with Gasteiger partial charge < -0.3 is 4.74 Å². The average molecular weight is 308 g/mol. The monoisotopic (exact) mass is 307 g/mol. The molecule has 1 aliphatic heterocycles. The Morgan fingerprint density at radius 1 is 1.47 bits per heavy atom. The van der Waals surface area contributed by atoms with E-state index in [-0.39, 0.29) is 18.9 Å². The zero-order chi connectivity index (χ0) is 14.0. The summed E-state index contributed by atoms with van der Waals surface area (Å²) >= 11 is 5.95. The van der Waals surface area contributed by atoms with Crippen LogP contribution >= 0.6 is 11.6 Å². The number of hydrogen-bond acceptors (Lipinski definition) is 3. The highest BCUT2D eigenvalue weighted by Gasteiger charge is 2.34. The van der Waals surface area contributed by atoms with Crippen molar-refractivity contribution in [1.82, 2.24) is 0 Å². The molecule has 2 atom stereocenters. The molecule has 4 nitrogen and oxygen atoms in total. The number of nitrogens with two attached hydrogens (primary N) is 1. The predicted octanol–water partition coefficient (Wildman–Crippen LogP) is 1.72. The maximum atomic E-state index is 13.7. The molecule has 2 rings (SSSR count). The van der Waals surface area contributed by atoms with Crippen molar-refractivity contribution in [2.75, 3.05) is 13.2 Å². The number of benzene rings is 1. The molecule has 0 amide bonds. The molecule has 1 heterocycles. The van der Waals surface area contributed by atoms with Crippen LogP contribution < -0.4 is 5.14 Å². The lowest BCUT2D eigenvalue weighted by atomic mass is 9.93. The first-order valence-electron chi connectivity index (χ1n) is 5.92. The molecular formula is C12H15ClFNO3S. The molecule has 2 unspecified atom stereocenters. The van der Waals surface area contributed by atoms with Gasteiger partial charge in [-0.25, -0.2) is 17.9 Å². The Hall–Kier alpha value is -0.690. The van der Waals surface area contributed by atoms with Crippen molar-refractivity contribution in [3.05, 3.63) is 34.6 Å². The van der Waals surface area contributed by atoms with Crippen LogP contribution in [-0.2, 0) is 21.2 Å². The van der Waals surface area contributed by atoms with Crippen molar-refractivity contribution in [1.29, 1.82) is 0 Å². The summed E-state index contributed by atoms with van der Waals surface area (Å²) in [5, 5.41) is 4.80. The zero-order valence-electron chi connectivity index (χ0n) is 10.2. The van der Waals surface area contributed by atoms with Gasteiger partial charge in [0.05, 0.1) is 11.9 Å². The summed E-state index contributed by atoms with van der Waals surface area (Å²) in [6.07, 6.45) is 0.530. The minimum atomic E-state index is -3.67. The molecule has 106 valence electrons. The number of halogens is 2. The molecule has 7 heteroatoms. The number of hydrogen-bond donors (Lipinski definition) is 1. The van der Waals surface area contributed by atoms with E-state index in [4.69, 9.17) is 21.5 Å². The molecule has 1 aliphatic rings. The Morgan fingerprint density at radius 3 is 2.84 bits per heavy atom. The van der Waals surface area contributed by atoms with Gasteiger partial charge in [-0.1, -0.05) is 17.7 Å². The average Bonchev–Trinajstić information content (AvgIpc) is 2.33. The molecule has 0 aromatic heterocycles. The Labute approximate surface area is 116 Å². The van der Waals surface area contributed by atoms with Gasteiger partial charge in [0, 0.05) is 23.1 Å². The molecule has 1 aromatic carbocycles. The first kappa shape index (κ1) is 14.7. The van der Waals surface area contributed by atoms with Crippen LogP contribution in [0, 0.1) is 11.7 Å². The van der Waals surface area contributed by atoms with E-state index < -0.39 is 21.1 Å². The summed E-state index contributed by atoms with van der Waals surface area (Å²) in [6.45, 7) is 0.592. The highest BCUT2D eigenvalue weighted by atomic mass is 35.5. The summed E-state index contributed by atoms with van der Waals surface area (Å²) in [5.74, 6) is -0.815. The highest BCUT2D eigenvalue weighted by Crippen LogP contribution is 2.28. The van der Waals surface area contributed by atoms with E-state index in [1.807, 2.05) is 0 Å². The van der Waals surface area contributed by atoms with E-state index in [2.05, 4.69) is 0 Å². The smallest absolute Gasteiger partial charge is 0.212 e. The van der Waals surface area contributed by atoms with Crippen LogP contribution in [-0.4, -0.2) is 26.9 Å². The first-order chi connectivity index (χ1) is 8.89. The van der Waals surface area contributed by atoms with Crippen molar-refractivity contribution in [2.45, 2.75) is 18.1 Å². The molecule has 0 bridgehead atoms. The Morgan fingerprint density at radius 2 is 2.21 bits per heavy atom. The van der Waals surface area contributed by atoms with Gasteiger partial charge in [0.1, 0.15) is 5.82 Å². The fourth-order valence-corrected chi connectivity index (χ4v) is 3.77. The largest absolute Gasteiger partial charge is 0.381 e. The van der Waals surface area contributed by atoms with Crippen molar-refractivity contribution in [3.8, 4) is 0 Å². The summed E-state index contributed by atoms with van der Waals surface area (Å²) in [5.41, 5.74) is 0.313. The first-order valence-corrected chi connectivity index (χ1v) is 7.90. The van der Waals surface area contributed by atoms with Gasteiger partial charge in [-0.15, -0.1) is 0 Å². The summed E-state index contributed by atoms with van der Waals surface area (Å²) in [7, 11) is -3.67. The van der Waals surface area contributed by atoms with Gasteiger partial charge in [-0.05, 0) is 25.0 Å². The van der Waals surface area contributed by atoms with E-state index in [9.17, 15) is 12.8 Å². The van der Waals surface area contributed by atoms with E-state index >= 15 is 0 Å². The fraction of sp³-hybridized carbons (Fsp3) is 0.500. The minimum absolute atomic E-state index is 0.201. The van der Waals surface area contributed by atoms with Gasteiger partial charge in [0.2, 0.25) is 10.0 Å². The van der Waals surface area contributed by atoms with Gasteiger partial charge in [-0.3, -0.25) is 0 Å². The van der Waals surface area contributed by atoms with Crippen LogP contribution in [0.15, 0.2) is 18.2 Å². The molecule has 0 radical (unpaired) electrons. The second kappa shape index (κ2) is 5.75. The Kier molecular flexibility index (Phi) is 4.45. The van der Waals surface area contributed by atoms with E-state index in [0.717, 1.165) is 0 Å². The third-order valence-corrected chi connectivity index (χ3v) is 5.17. The van der Waals surface area contributed by atoms with Crippen molar-refractivity contribution in [2.24, 2.45) is 11.1 Å². The molecule has 19 heavy (non-hydrogen) atoms. The summed E-state index contributed by atoms with van der Waals surface area (Å²) in [4.78, 5) is 0. The van der Waals surface area contributed by atoms with Crippen LogP contribution in [0.4, 0.5) is 4.39 Å². The second-order valence-corrected chi connectivity index (χ2v) is 6.85. The van der Waals surface area contributed by atoms with Gasteiger partial charge in [0.25, 0.3) is 0 Å². The standard InChI is InChI=1S/C12H15ClFNO3S/c13-10-2-1-3-11(14)9(10)6-8-7-18-5-4-12(8)19(15,16)17/h1-3,8,12H,4-7H2,(H2,15,16,17). The van der Waals surface area contributed by atoms with E-state index in [1.54, 1.807) is 6.07 Å². The number of ether oxygens (including phenoxy) is 1. The Balaban J connectivity index is 2.25. The molecule has 1 aromatic rings. The lowest BCUT2D eigenvalue weighted by Crippen LogP contribution is -2.42. The summed E-state index contributed by atoms with van der Waals surface area (Å²) < 4.78 is 42.1. The van der Waals surface area contributed by atoms with Crippen LogP contribution in [0.1, 0.15) is 12.0 Å². The molecule has 1 saturated heterocycles. The lowest BCUT2D eigenvalue weighted by Gasteiger charge is -2.30. The van der Waals surface area contributed by atoms with Gasteiger partial charge >= 0.3 is 0 Å². The topological polar surface area (TPSA) is 69.4 Å². The third-order valence-electron chi connectivity index (χ3n) is 3.35. The zero-order valence-corrected chi connectivity index (χ0v) is 11.8.